The molecular formula is C13H16F2N2O2. The second kappa shape index (κ2) is 6.08. The third-order valence-electron chi connectivity index (χ3n) is 3.30. The first-order valence-electron chi connectivity index (χ1n) is 6.23. The number of carbonyl (C=O) groups is 1. The van der Waals surface area contributed by atoms with Crippen LogP contribution >= 0.6 is 0 Å². The summed E-state index contributed by atoms with van der Waals surface area (Å²) in [6.45, 7) is 4.21. The number of carboxylic acid groups (broad SMARTS) is 1. The van der Waals surface area contributed by atoms with Gasteiger partial charge in [-0.05, 0) is 18.1 Å². The Morgan fingerprint density at radius 3 is 2.58 bits per heavy atom. The fourth-order valence-electron chi connectivity index (χ4n) is 2.16. The molecule has 0 amide bonds. The summed E-state index contributed by atoms with van der Waals surface area (Å²) in [5, 5.41) is 11.9. The number of benzene rings is 1. The predicted octanol–water partition coefficient (Wildman–Crippen LogP) is 1.11. The van der Waals surface area contributed by atoms with Gasteiger partial charge in [-0.15, -0.1) is 0 Å². The van der Waals surface area contributed by atoms with E-state index in [1.165, 1.54) is 6.07 Å². The zero-order chi connectivity index (χ0) is 13.8. The highest BCUT2D eigenvalue weighted by Gasteiger charge is 2.18. The van der Waals surface area contributed by atoms with Gasteiger partial charge in [0.15, 0.2) is 11.6 Å². The Bertz CT molecular complexity index is 474. The summed E-state index contributed by atoms with van der Waals surface area (Å²) in [6, 6.07) is 2.47. The molecule has 1 heterocycles. The SMILES string of the molecule is O=C(O)c1ccc(CCN2CCNCC2)c(F)c1F. The Hall–Kier alpha value is -1.53. The van der Waals surface area contributed by atoms with Gasteiger partial charge in [-0.25, -0.2) is 13.6 Å². The van der Waals surface area contributed by atoms with Crippen molar-refractivity contribution in [1.29, 1.82) is 0 Å². The van der Waals surface area contributed by atoms with Gasteiger partial charge < -0.3 is 15.3 Å². The third kappa shape index (κ3) is 3.27. The summed E-state index contributed by atoms with van der Waals surface area (Å²) in [5.74, 6) is -3.77. The lowest BCUT2D eigenvalue weighted by Crippen LogP contribution is -2.44. The van der Waals surface area contributed by atoms with Crippen molar-refractivity contribution in [3.05, 3.63) is 34.9 Å². The van der Waals surface area contributed by atoms with Crippen LogP contribution in [0.5, 0.6) is 0 Å². The second-order valence-electron chi connectivity index (χ2n) is 4.55. The maximum atomic E-state index is 13.7. The number of hydrogen-bond donors (Lipinski definition) is 2. The van der Waals surface area contributed by atoms with Crippen LogP contribution in [0.1, 0.15) is 15.9 Å². The molecule has 4 nitrogen and oxygen atoms in total. The Labute approximate surface area is 110 Å². The number of nitrogens with one attached hydrogen (secondary N) is 1. The largest absolute Gasteiger partial charge is 0.478 e. The van der Waals surface area contributed by atoms with E-state index in [1.54, 1.807) is 0 Å². The molecular weight excluding hydrogens is 254 g/mol. The average molecular weight is 270 g/mol. The highest BCUT2D eigenvalue weighted by atomic mass is 19.2. The molecule has 0 radical (unpaired) electrons. The quantitative estimate of drug-likeness (QED) is 0.860. The van der Waals surface area contributed by atoms with E-state index in [9.17, 15) is 13.6 Å². The Balaban J connectivity index is 2.04. The van der Waals surface area contributed by atoms with Crippen LogP contribution in [0.15, 0.2) is 12.1 Å². The van der Waals surface area contributed by atoms with E-state index in [2.05, 4.69) is 10.2 Å². The number of halogens is 2. The van der Waals surface area contributed by atoms with Crippen molar-refractivity contribution in [1.82, 2.24) is 10.2 Å². The maximum Gasteiger partial charge on any atom is 0.338 e. The average Bonchev–Trinajstić information content (AvgIpc) is 2.41. The van der Waals surface area contributed by atoms with E-state index < -0.39 is 23.2 Å². The minimum Gasteiger partial charge on any atom is -0.478 e. The Morgan fingerprint density at radius 1 is 1.26 bits per heavy atom. The van der Waals surface area contributed by atoms with E-state index in [0.29, 0.717) is 13.0 Å². The van der Waals surface area contributed by atoms with Gasteiger partial charge in [-0.3, -0.25) is 0 Å². The molecule has 0 bridgehead atoms. The molecule has 1 aliphatic heterocycles. The molecule has 0 unspecified atom stereocenters. The van der Waals surface area contributed by atoms with Crippen LogP contribution in [-0.2, 0) is 6.42 Å². The number of carboxylic acids is 1. The summed E-state index contributed by atoms with van der Waals surface area (Å²) in [6.07, 6.45) is 0.378. The molecule has 1 saturated heterocycles. The van der Waals surface area contributed by atoms with Crippen LogP contribution in [0.3, 0.4) is 0 Å². The zero-order valence-electron chi connectivity index (χ0n) is 10.5. The molecule has 1 fully saturated rings. The Morgan fingerprint density at radius 2 is 1.95 bits per heavy atom. The first kappa shape index (κ1) is 13.9. The van der Waals surface area contributed by atoms with Crippen LogP contribution in [0.2, 0.25) is 0 Å². The van der Waals surface area contributed by atoms with Gasteiger partial charge in [0.1, 0.15) is 0 Å². The van der Waals surface area contributed by atoms with Gasteiger partial charge in [0.25, 0.3) is 0 Å². The van der Waals surface area contributed by atoms with Crippen molar-refractivity contribution in [3.63, 3.8) is 0 Å². The highest BCUT2D eigenvalue weighted by Crippen LogP contribution is 2.17. The van der Waals surface area contributed by atoms with Crippen molar-refractivity contribution >= 4 is 5.97 Å². The van der Waals surface area contributed by atoms with Gasteiger partial charge in [0.05, 0.1) is 5.56 Å². The van der Waals surface area contributed by atoms with E-state index in [4.69, 9.17) is 5.11 Å². The van der Waals surface area contributed by atoms with Crippen LogP contribution in [0.4, 0.5) is 8.78 Å². The molecule has 2 N–H and O–H groups in total. The summed E-state index contributed by atoms with van der Waals surface area (Å²) < 4.78 is 27.2. The second-order valence-corrected chi connectivity index (χ2v) is 4.55. The zero-order valence-corrected chi connectivity index (χ0v) is 10.5. The first-order chi connectivity index (χ1) is 9.09. The molecule has 104 valence electrons. The molecule has 1 aliphatic rings. The van der Waals surface area contributed by atoms with E-state index in [0.717, 1.165) is 32.2 Å². The van der Waals surface area contributed by atoms with Crippen LogP contribution < -0.4 is 5.32 Å². The van der Waals surface area contributed by atoms with Crippen molar-refractivity contribution in [2.75, 3.05) is 32.7 Å². The minimum absolute atomic E-state index is 0.223. The topological polar surface area (TPSA) is 52.6 Å². The first-order valence-corrected chi connectivity index (χ1v) is 6.23. The Kier molecular flexibility index (Phi) is 4.44. The molecule has 6 heteroatoms. The standard InChI is InChI=1S/C13H16F2N2O2/c14-11-9(1-2-10(12(11)15)13(18)19)3-6-17-7-4-16-5-8-17/h1-2,16H,3-8H2,(H,18,19). The van der Waals surface area contributed by atoms with E-state index >= 15 is 0 Å². The number of hydrogen-bond acceptors (Lipinski definition) is 3. The summed E-state index contributed by atoms with van der Waals surface area (Å²) in [7, 11) is 0. The van der Waals surface area contributed by atoms with Crippen LogP contribution in [0, 0.1) is 11.6 Å². The fraction of sp³-hybridized carbons (Fsp3) is 0.462. The van der Waals surface area contributed by atoms with Crippen molar-refractivity contribution < 1.29 is 18.7 Å². The molecule has 0 atom stereocenters. The minimum atomic E-state index is -1.45. The van der Waals surface area contributed by atoms with Crippen molar-refractivity contribution in [2.24, 2.45) is 0 Å². The molecule has 0 saturated carbocycles. The molecule has 0 spiro atoms. The highest BCUT2D eigenvalue weighted by molar-refractivity contribution is 5.88. The molecule has 19 heavy (non-hydrogen) atoms. The van der Waals surface area contributed by atoms with Crippen LogP contribution in [0.25, 0.3) is 0 Å². The summed E-state index contributed by atoms with van der Waals surface area (Å²) in [4.78, 5) is 12.8. The van der Waals surface area contributed by atoms with Crippen molar-refractivity contribution in [3.8, 4) is 0 Å². The normalized spacial score (nSPS) is 16.5. The maximum absolute atomic E-state index is 13.7. The summed E-state index contributed by atoms with van der Waals surface area (Å²) >= 11 is 0. The molecule has 1 aromatic carbocycles. The lowest BCUT2D eigenvalue weighted by atomic mass is 10.1. The van der Waals surface area contributed by atoms with E-state index in [-0.39, 0.29) is 5.56 Å². The van der Waals surface area contributed by atoms with Gasteiger partial charge in [-0.2, -0.15) is 0 Å². The lowest BCUT2D eigenvalue weighted by Gasteiger charge is -2.27. The number of aromatic carboxylic acids is 1. The van der Waals surface area contributed by atoms with Crippen LogP contribution in [-0.4, -0.2) is 48.7 Å². The smallest absolute Gasteiger partial charge is 0.338 e. The molecule has 0 aromatic heterocycles. The lowest BCUT2D eigenvalue weighted by molar-refractivity contribution is 0.0690. The molecule has 0 aliphatic carbocycles. The monoisotopic (exact) mass is 270 g/mol. The molecule has 1 aromatic rings. The van der Waals surface area contributed by atoms with Gasteiger partial charge in [0.2, 0.25) is 0 Å². The third-order valence-corrected chi connectivity index (χ3v) is 3.30. The van der Waals surface area contributed by atoms with Gasteiger partial charge >= 0.3 is 5.97 Å². The van der Waals surface area contributed by atoms with Crippen molar-refractivity contribution in [2.45, 2.75) is 6.42 Å². The predicted molar refractivity (Wildman–Crippen MR) is 66.3 cm³/mol. The van der Waals surface area contributed by atoms with E-state index in [1.807, 2.05) is 0 Å². The van der Waals surface area contributed by atoms with Gasteiger partial charge in [-0.1, -0.05) is 6.07 Å². The summed E-state index contributed by atoms with van der Waals surface area (Å²) in [5.41, 5.74) is -0.399. The number of rotatable bonds is 4. The molecule has 2 rings (SSSR count). The number of nitrogens with zero attached hydrogens (tertiary/aromatic N) is 1. The van der Waals surface area contributed by atoms with Gasteiger partial charge in [0, 0.05) is 32.7 Å². The number of piperazine rings is 1. The fourth-order valence-corrected chi connectivity index (χ4v) is 2.16.